The number of hydrogen-bond acceptors (Lipinski definition) is 2. The molecule has 0 aliphatic heterocycles. The fourth-order valence-corrected chi connectivity index (χ4v) is 2.70. The van der Waals surface area contributed by atoms with E-state index in [0.29, 0.717) is 12.0 Å². The van der Waals surface area contributed by atoms with E-state index in [2.05, 4.69) is 27.4 Å². The SMILES string of the molecule is C=Cc1ccc(OC(C)(OC2CCCCC2)C(C)C)cc1. The topological polar surface area (TPSA) is 18.5 Å². The molecule has 2 rings (SSSR count). The van der Waals surface area contributed by atoms with Crippen molar-refractivity contribution in [2.75, 3.05) is 0 Å². The summed E-state index contributed by atoms with van der Waals surface area (Å²) in [5.41, 5.74) is 1.10. The lowest BCUT2D eigenvalue weighted by Crippen LogP contribution is -2.44. The minimum Gasteiger partial charge on any atom is -0.462 e. The maximum absolute atomic E-state index is 6.36. The van der Waals surface area contributed by atoms with Gasteiger partial charge in [0.2, 0.25) is 5.79 Å². The fraction of sp³-hybridized carbons (Fsp3) is 0.579. The van der Waals surface area contributed by atoms with E-state index in [-0.39, 0.29) is 0 Å². The summed E-state index contributed by atoms with van der Waals surface area (Å²) in [5, 5.41) is 0. The fourth-order valence-electron chi connectivity index (χ4n) is 2.70. The summed E-state index contributed by atoms with van der Waals surface area (Å²) >= 11 is 0. The van der Waals surface area contributed by atoms with Crippen molar-refractivity contribution in [2.24, 2.45) is 5.92 Å². The van der Waals surface area contributed by atoms with Gasteiger partial charge in [0.25, 0.3) is 0 Å². The van der Waals surface area contributed by atoms with Gasteiger partial charge in [-0.25, -0.2) is 0 Å². The van der Waals surface area contributed by atoms with Gasteiger partial charge in [0.1, 0.15) is 5.75 Å². The van der Waals surface area contributed by atoms with Crippen LogP contribution in [0.5, 0.6) is 5.75 Å². The van der Waals surface area contributed by atoms with Gasteiger partial charge in [-0.1, -0.05) is 57.9 Å². The first-order valence-electron chi connectivity index (χ1n) is 8.13. The maximum atomic E-state index is 6.36. The summed E-state index contributed by atoms with van der Waals surface area (Å²) < 4.78 is 12.6. The summed E-state index contributed by atoms with van der Waals surface area (Å²) in [5.74, 6) is 0.573. The molecule has 21 heavy (non-hydrogen) atoms. The van der Waals surface area contributed by atoms with E-state index >= 15 is 0 Å². The monoisotopic (exact) mass is 288 g/mol. The van der Waals surface area contributed by atoms with E-state index < -0.39 is 5.79 Å². The van der Waals surface area contributed by atoms with Crippen LogP contribution in [0.15, 0.2) is 30.8 Å². The van der Waals surface area contributed by atoms with Crippen molar-refractivity contribution < 1.29 is 9.47 Å². The van der Waals surface area contributed by atoms with Crippen molar-refractivity contribution >= 4 is 6.08 Å². The number of benzene rings is 1. The van der Waals surface area contributed by atoms with E-state index in [1.165, 1.54) is 19.3 Å². The summed E-state index contributed by atoms with van der Waals surface area (Å²) in [4.78, 5) is 0. The molecule has 0 N–H and O–H groups in total. The van der Waals surface area contributed by atoms with Crippen LogP contribution in [0, 0.1) is 5.92 Å². The van der Waals surface area contributed by atoms with Gasteiger partial charge in [-0.15, -0.1) is 0 Å². The molecule has 0 amide bonds. The molecule has 1 aliphatic carbocycles. The Kier molecular flexibility index (Phi) is 5.46. The molecule has 116 valence electrons. The number of hydrogen-bond donors (Lipinski definition) is 0. The second kappa shape index (κ2) is 7.13. The first-order valence-corrected chi connectivity index (χ1v) is 8.13. The van der Waals surface area contributed by atoms with E-state index in [1.54, 1.807) is 0 Å². The van der Waals surface area contributed by atoms with Gasteiger partial charge in [-0.2, -0.15) is 0 Å². The Bertz CT molecular complexity index is 443. The largest absolute Gasteiger partial charge is 0.462 e. The zero-order chi connectivity index (χ0) is 15.3. The molecule has 1 aliphatic rings. The summed E-state index contributed by atoms with van der Waals surface area (Å²) in [6, 6.07) is 8.01. The molecule has 1 aromatic rings. The van der Waals surface area contributed by atoms with E-state index in [0.717, 1.165) is 24.2 Å². The highest BCUT2D eigenvalue weighted by atomic mass is 16.7. The van der Waals surface area contributed by atoms with Crippen molar-refractivity contribution in [3.05, 3.63) is 36.4 Å². The average Bonchev–Trinajstić information content (AvgIpc) is 2.49. The zero-order valence-corrected chi connectivity index (χ0v) is 13.6. The molecule has 2 nitrogen and oxygen atoms in total. The predicted molar refractivity (Wildman–Crippen MR) is 88.4 cm³/mol. The molecule has 0 bridgehead atoms. The van der Waals surface area contributed by atoms with Gasteiger partial charge in [0.05, 0.1) is 6.10 Å². The third-order valence-corrected chi connectivity index (χ3v) is 4.44. The molecule has 1 saturated carbocycles. The second-order valence-corrected chi connectivity index (χ2v) is 6.42. The highest BCUT2D eigenvalue weighted by molar-refractivity contribution is 5.48. The lowest BCUT2D eigenvalue weighted by Gasteiger charge is -2.38. The van der Waals surface area contributed by atoms with E-state index in [9.17, 15) is 0 Å². The van der Waals surface area contributed by atoms with Crippen molar-refractivity contribution in [1.29, 1.82) is 0 Å². The van der Waals surface area contributed by atoms with Crippen LogP contribution in [0.25, 0.3) is 6.08 Å². The van der Waals surface area contributed by atoms with Crippen molar-refractivity contribution in [1.82, 2.24) is 0 Å². The van der Waals surface area contributed by atoms with E-state index in [1.807, 2.05) is 30.3 Å². The van der Waals surface area contributed by atoms with Crippen molar-refractivity contribution in [3.8, 4) is 5.75 Å². The highest BCUT2D eigenvalue weighted by Gasteiger charge is 2.35. The normalized spacial score (nSPS) is 19.2. The Hall–Kier alpha value is -1.28. The minimum absolute atomic E-state index is 0.290. The molecule has 0 radical (unpaired) electrons. The molecular formula is C19H28O2. The maximum Gasteiger partial charge on any atom is 0.210 e. The summed E-state index contributed by atoms with van der Waals surface area (Å²) in [7, 11) is 0. The third kappa shape index (κ3) is 4.34. The Morgan fingerprint density at radius 1 is 1.14 bits per heavy atom. The molecule has 1 aromatic carbocycles. The Labute approximate surface area is 129 Å². The van der Waals surface area contributed by atoms with Crippen molar-refractivity contribution in [3.63, 3.8) is 0 Å². The quantitative estimate of drug-likeness (QED) is 0.650. The lowest BCUT2D eigenvalue weighted by molar-refractivity contribution is -0.229. The molecule has 0 spiro atoms. The van der Waals surface area contributed by atoms with Crippen LogP contribution in [0.4, 0.5) is 0 Å². The zero-order valence-electron chi connectivity index (χ0n) is 13.6. The standard InChI is InChI=1S/C19H28O2/c1-5-16-11-13-18(14-12-16)21-19(4,15(2)3)20-17-9-7-6-8-10-17/h5,11-15,17H,1,6-10H2,2-4H3. The summed E-state index contributed by atoms with van der Waals surface area (Å²) in [6.45, 7) is 10.1. The van der Waals surface area contributed by atoms with Crippen LogP contribution < -0.4 is 4.74 Å². The molecule has 0 heterocycles. The lowest BCUT2D eigenvalue weighted by atomic mass is 9.96. The van der Waals surface area contributed by atoms with Gasteiger partial charge < -0.3 is 9.47 Å². The molecule has 1 fully saturated rings. The summed E-state index contributed by atoms with van der Waals surface area (Å²) in [6.07, 6.45) is 8.35. The van der Waals surface area contributed by atoms with Crippen LogP contribution >= 0.6 is 0 Å². The van der Waals surface area contributed by atoms with Crippen LogP contribution in [-0.4, -0.2) is 11.9 Å². The van der Waals surface area contributed by atoms with Crippen LogP contribution in [0.2, 0.25) is 0 Å². The Balaban J connectivity index is 2.06. The molecule has 1 atom stereocenters. The van der Waals surface area contributed by atoms with Gasteiger partial charge in [0.15, 0.2) is 0 Å². The molecule has 0 saturated heterocycles. The highest BCUT2D eigenvalue weighted by Crippen LogP contribution is 2.32. The Morgan fingerprint density at radius 2 is 1.76 bits per heavy atom. The third-order valence-electron chi connectivity index (χ3n) is 4.44. The first-order chi connectivity index (χ1) is 10.0. The van der Waals surface area contributed by atoms with Gasteiger partial charge in [-0.05, 0) is 30.5 Å². The van der Waals surface area contributed by atoms with Crippen LogP contribution in [0.3, 0.4) is 0 Å². The smallest absolute Gasteiger partial charge is 0.210 e. The minimum atomic E-state index is -0.572. The number of ether oxygens (including phenoxy) is 2. The molecule has 0 aromatic heterocycles. The van der Waals surface area contributed by atoms with Gasteiger partial charge in [-0.3, -0.25) is 0 Å². The van der Waals surface area contributed by atoms with E-state index in [4.69, 9.17) is 9.47 Å². The molecule has 2 heteroatoms. The van der Waals surface area contributed by atoms with Crippen molar-refractivity contribution in [2.45, 2.75) is 64.8 Å². The predicted octanol–water partition coefficient (Wildman–Crippen LogP) is 5.43. The second-order valence-electron chi connectivity index (χ2n) is 6.42. The van der Waals surface area contributed by atoms with Gasteiger partial charge >= 0.3 is 0 Å². The van der Waals surface area contributed by atoms with Gasteiger partial charge in [0, 0.05) is 12.8 Å². The Morgan fingerprint density at radius 3 is 2.29 bits per heavy atom. The molecule has 1 unspecified atom stereocenters. The molecular weight excluding hydrogens is 260 g/mol. The van der Waals surface area contributed by atoms with Crippen LogP contribution in [0.1, 0.15) is 58.4 Å². The first kappa shape index (κ1) is 16.1. The van der Waals surface area contributed by atoms with Crippen LogP contribution in [-0.2, 0) is 4.74 Å². The number of rotatable bonds is 6. The average molecular weight is 288 g/mol.